The maximum Gasteiger partial charge on any atom is 0.344 e. The van der Waals surface area contributed by atoms with Crippen molar-refractivity contribution < 1.29 is 19.0 Å². The highest BCUT2D eigenvalue weighted by Crippen LogP contribution is 2.33. The molecule has 0 atom stereocenters. The summed E-state index contributed by atoms with van der Waals surface area (Å²) in [6, 6.07) is 3.46. The summed E-state index contributed by atoms with van der Waals surface area (Å²) in [6.45, 7) is 1.89. The average Bonchev–Trinajstić information content (AvgIpc) is 2.38. The summed E-state index contributed by atoms with van der Waals surface area (Å²) in [5.41, 5.74) is 0.979. The van der Waals surface area contributed by atoms with Gasteiger partial charge in [-0.2, -0.15) is 0 Å². The van der Waals surface area contributed by atoms with Crippen molar-refractivity contribution in [2.75, 3.05) is 25.7 Å². The van der Waals surface area contributed by atoms with E-state index in [0.717, 1.165) is 17.3 Å². The van der Waals surface area contributed by atoms with Gasteiger partial charge in [-0.3, -0.25) is 0 Å². The number of carbonyl (C=O) groups excluding carboxylic acids is 1. The minimum atomic E-state index is -0.429. The second-order valence-electron chi connectivity index (χ2n) is 3.63. The number of halogens is 2. The van der Waals surface area contributed by atoms with Crippen molar-refractivity contribution in [1.82, 2.24) is 0 Å². The van der Waals surface area contributed by atoms with E-state index in [1.54, 1.807) is 26.2 Å². The van der Waals surface area contributed by atoms with Crippen LogP contribution in [-0.2, 0) is 16.0 Å². The fraction of sp³-hybridized carbons (Fsp3) is 0.462. The molecule has 0 unspecified atom stereocenters. The Kier molecular flexibility index (Phi) is 7.02. The zero-order valence-corrected chi connectivity index (χ0v) is 13.2. The van der Waals surface area contributed by atoms with E-state index in [9.17, 15) is 4.79 Å². The van der Waals surface area contributed by atoms with Crippen LogP contribution in [0.15, 0.2) is 12.1 Å². The molecule has 1 aromatic carbocycles. The lowest BCUT2D eigenvalue weighted by Crippen LogP contribution is -2.14. The highest BCUT2D eigenvalue weighted by molar-refractivity contribution is 9.09. The van der Waals surface area contributed by atoms with Crippen molar-refractivity contribution in [3.63, 3.8) is 0 Å². The Morgan fingerprint density at radius 2 is 2.11 bits per heavy atom. The largest absolute Gasteiger partial charge is 0.496 e. The number of methoxy groups -OCH3 is 1. The van der Waals surface area contributed by atoms with E-state index in [0.29, 0.717) is 23.1 Å². The van der Waals surface area contributed by atoms with Gasteiger partial charge in [0.05, 0.1) is 18.7 Å². The lowest BCUT2D eigenvalue weighted by atomic mass is 10.1. The maximum absolute atomic E-state index is 11.2. The van der Waals surface area contributed by atoms with E-state index in [1.807, 2.05) is 0 Å². The first-order valence-electron chi connectivity index (χ1n) is 5.83. The van der Waals surface area contributed by atoms with Gasteiger partial charge in [-0.25, -0.2) is 4.79 Å². The van der Waals surface area contributed by atoms with Crippen molar-refractivity contribution in [3.05, 3.63) is 22.7 Å². The minimum Gasteiger partial charge on any atom is -0.496 e. The zero-order chi connectivity index (χ0) is 14.3. The molecule has 1 rings (SSSR count). The molecular weight excluding hydrogens is 335 g/mol. The van der Waals surface area contributed by atoms with Gasteiger partial charge >= 0.3 is 5.97 Å². The van der Waals surface area contributed by atoms with Gasteiger partial charge in [-0.1, -0.05) is 27.5 Å². The van der Waals surface area contributed by atoms with Gasteiger partial charge in [-0.15, -0.1) is 0 Å². The molecule has 4 nitrogen and oxygen atoms in total. The molecule has 0 aromatic heterocycles. The van der Waals surface area contributed by atoms with Crippen LogP contribution in [0.2, 0.25) is 5.02 Å². The number of hydrogen-bond acceptors (Lipinski definition) is 4. The zero-order valence-electron chi connectivity index (χ0n) is 10.9. The second kappa shape index (κ2) is 8.27. The van der Waals surface area contributed by atoms with Crippen molar-refractivity contribution in [3.8, 4) is 11.5 Å². The highest BCUT2D eigenvalue weighted by Gasteiger charge is 2.12. The van der Waals surface area contributed by atoms with Gasteiger partial charge in [0.1, 0.15) is 11.5 Å². The van der Waals surface area contributed by atoms with Crippen molar-refractivity contribution in [2.24, 2.45) is 0 Å². The Labute approximate surface area is 126 Å². The molecule has 0 aliphatic rings. The number of esters is 1. The molecule has 1 aromatic rings. The third kappa shape index (κ3) is 4.91. The summed E-state index contributed by atoms with van der Waals surface area (Å²) in [7, 11) is 1.58. The molecule has 6 heteroatoms. The molecule has 0 heterocycles. The lowest BCUT2D eigenvalue weighted by Gasteiger charge is -2.12. The Balaban J connectivity index is 2.81. The Hall–Kier alpha value is -0.940. The number of carbonyl (C=O) groups is 1. The van der Waals surface area contributed by atoms with E-state index in [1.165, 1.54) is 0 Å². The molecule has 19 heavy (non-hydrogen) atoms. The summed E-state index contributed by atoms with van der Waals surface area (Å²) < 4.78 is 15.4. The fourth-order valence-electron chi connectivity index (χ4n) is 1.51. The standard InChI is InChI=1S/C13H16BrClO4/c1-3-18-13(16)8-19-12-7-11(17-2)9(4-5-14)6-10(12)15/h6-7H,3-5,8H2,1-2H3. The van der Waals surface area contributed by atoms with Crippen LogP contribution in [0, 0.1) is 0 Å². The van der Waals surface area contributed by atoms with Crippen LogP contribution in [0.1, 0.15) is 12.5 Å². The second-order valence-corrected chi connectivity index (χ2v) is 4.83. The quantitative estimate of drug-likeness (QED) is 0.559. The summed E-state index contributed by atoms with van der Waals surface area (Å²) in [5, 5.41) is 1.25. The Morgan fingerprint density at radius 3 is 2.68 bits per heavy atom. The van der Waals surface area contributed by atoms with Gasteiger partial charge in [-0.05, 0) is 25.0 Å². The Morgan fingerprint density at radius 1 is 1.37 bits per heavy atom. The molecule has 0 aliphatic heterocycles. The van der Waals surface area contributed by atoms with Crippen LogP contribution in [-0.4, -0.2) is 31.6 Å². The average molecular weight is 352 g/mol. The SMILES string of the molecule is CCOC(=O)COc1cc(OC)c(CCBr)cc1Cl. The topological polar surface area (TPSA) is 44.8 Å². The third-order valence-electron chi connectivity index (χ3n) is 2.35. The van der Waals surface area contributed by atoms with E-state index >= 15 is 0 Å². The molecule has 0 radical (unpaired) electrons. The van der Waals surface area contributed by atoms with Gasteiger partial charge in [0.25, 0.3) is 0 Å². The highest BCUT2D eigenvalue weighted by atomic mass is 79.9. The first kappa shape index (κ1) is 16.1. The molecule has 0 saturated carbocycles. The molecule has 0 bridgehead atoms. The summed E-state index contributed by atoms with van der Waals surface area (Å²) in [4.78, 5) is 11.2. The van der Waals surface area contributed by atoms with Gasteiger partial charge in [0.15, 0.2) is 6.61 Å². The molecule has 0 spiro atoms. The molecule has 0 fully saturated rings. The molecule has 0 aliphatic carbocycles. The summed E-state index contributed by atoms with van der Waals surface area (Å²) in [5.74, 6) is 0.662. The maximum atomic E-state index is 11.2. The van der Waals surface area contributed by atoms with Crippen LogP contribution >= 0.6 is 27.5 Å². The lowest BCUT2D eigenvalue weighted by molar-refractivity contribution is -0.145. The van der Waals surface area contributed by atoms with Crippen LogP contribution in [0.25, 0.3) is 0 Å². The van der Waals surface area contributed by atoms with E-state index in [4.69, 9.17) is 25.8 Å². The molecule has 106 valence electrons. The summed E-state index contributed by atoms with van der Waals surface area (Å²) in [6.07, 6.45) is 0.793. The first-order valence-corrected chi connectivity index (χ1v) is 7.33. The van der Waals surface area contributed by atoms with Crippen LogP contribution in [0.4, 0.5) is 0 Å². The van der Waals surface area contributed by atoms with Crippen molar-refractivity contribution >= 4 is 33.5 Å². The molecular formula is C13H16BrClO4. The number of benzene rings is 1. The first-order chi connectivity index (χ1) is 9.12. The third-order valence-corrected chi connectivity index (χ3v) is 3.04. The minimum absolute atomic E-state index is 0.172. The van der Waals surface area contributed by atoms with E-state index in [-0.39, 0.29) is 6.61 Å². The smallest absolute Gasteiger partial charge is 0.344 e. The van der Waals surface area contributed by atoms with Crippen LogP contribution in [0.5, 0.6) is 11.5 Å². The predicted octanol–water partition coefficient (Wildman–Crippen LogP) is 3.23. The van der Waals surface area contributed by atoms with E-state index < -0.39 is 5.97 Å². The van der Waals surface area contributed by atoms with Gasteiger partial charge in [0.2, 0.25) is 0 Å². The van der Waals surface area contributed by atoms with Gasteiger partial charge in [0, 0.05) is 11.4 Å². The molecule has 0 N–H and O–H groups in total. The number of alkyl halides is 1. The monoisotopic (exact) mass is 350 g/mol. The number of ether oxygens (including phenoxy) is 3. The van der Waals surface area contributed by atoms with Gasteiger partial charge < -0.3 is 14.2 Å². The van der Waals surface area contributed by atoms with Crippen molar-refractivity contribution in [2.45, 2.75) is 13.3 Å². The fourth-order valence-corrected chi connectivity index (χ4v) is 2.18. The van der Waals surface area contributed by atoms with Crippen molar-refractivity contribution in [1.29, 1.82) is 0 Å². The molecule has 0 amide bonds. The Bertz CT molecular complexity index is 437. The number of rotatable bonds is 7. The van der Waals surface area contributed by atoms with Crippen LogP contribution < -0.4 is 9.47 Å². The van der Waals surface area contributed by atoms with Crippen LogP contribution in [0.3, 0.4) is 0 Å². The molecule has 0 saturated heterocycles. The number of hydrogen-bond donors (Lipinski definition) is 0. The summed E-state index contributed by atoms with van der Waals surface area (Å²) >= 11 is 9.48. The normalized spacial score (nSPS) is 10.1. The van der Waals surface area contributed by atoms with E-state index in [2.05, 4.69) is 15.9 Å². The predicted molar refractivity (Wildman–Crippen MR) is 77.6 cm³/mol. The number of aryl methyl sites for hydroxylation is 1.